The lowest BCUT2D eigenvalue weighted by molar-refractivity contribution is -0.141. The average molecular weight is 602 g/mol. The summed E-state index contributed by atoms with van der Waals surface area (Å²) in [5, 5.41) is 3.45. The van der Waals surface area contributed by atoms with Crippen LogP contribution < -0.4 is 9.62 Å². The Labute approximate surface area is 247 Å². The molecular formula is C31H37ClFN3O4S. The molecule has 3 rings (SSSR count). The molecule has 10 heteroatoms. The summed E-state index contributed by atoms with van der Waals surface area (Å²) < 4.78 is 39.6. The monoisotopic (exact) mass is 601 g/mol. The predicted molar refractivity (Wildman–Crippen MR) is 162 cm³/mol. The number of carbonyl (C=O) groups excluding carboxylic acids is 2. The molecule has 0 aliphatic rings. The molecule has 1 atom stereocenters. The van der Waals surface area contributed by atoms with E-state index in [2.05, 4.69) is 5.32 Å². The fourth-order valence-corrected chi connectivity index (χ4v) is 5.56. The van der Waals surface area contributed by atoms with E-state index in [1.165, 1.54) is 29.2 Å². The molecular weight excluding hydrogens is 565 g/mol. The Hall–Kier alpha value is -3.43. The number of sulfonamides is 1. The van der Waals surface area contributed by atoms with Gasteiger partial charge in [-0.1, -0.05) is 74.0 Å². The van der Waals surface area contributed by atoms with Crippen LogP contribution in [0, 0.1) is 11.7 Å². The average Bonchev–Trinajstić information content (AvgIpc) is 2.93. The molecule has 7 nitrogen and oxygen atoms in total. The van der Waals surface area contributed by atoms with Gasteiger partial charge in [0.1, 0.15) is 11.9 Å². The maximum absolute atomic E-state index is 13.8. The molecule has 0 aliphatic carbocycles. The van der Waals surface area contributed by atoms with Crippen molar-refractivity contribution >= 4 is 39.1 Å². The third kappa shape index (κ3) is 9.86. The SMILES string of the molecule is CC(C)CNC(=O)C(Cc1ccccc1)N(Cc1ccccc1Cl)C(=O)CCCN(c1ccc(F)cc1)S(C)(=O)=O. The first-order chi connectivity index (χ1) is 19.5. The number of halogens is 2. The van der Waals surface area contributed by atoms with Crippen LogP contribution in [0.5, 0.6) is 0 Å². The third-order valence-corrected chi connectivity index (χ3v) is 8.08. The van der Waals surface area contributed by atoms with Crippen LogP contribution in [0.15, 0.2) is 78.9 Å². The molecule has 1 unspecified atom stereocenters. The van der Waals surface area contributed by atoms with E-state index >= 15 is 0 Å². The molecule has 0 bridgehead atoms. The molecule has 3 aromatic carbocycles. The number of nitrogens with zero attached hydrogens (tertiary/aromatic N) is 2. The second kappa shape index (κ2) is 15.0. The summed E-state index contributed by atoms with van der Waals surface area (Å²) in [6.45, 7) is 4.57. The van der Waals surface area contributed by atoms with Gasteiger partial charge in [0.15, 0.2) is 0 Å². The van der Waals surface area contributed by atoms with Crippen molar-refractivity contribution in [2.24, 2.45) is 5.92 Å². The second-order valence-corrected chi connectivity index (χ2v) is 12.7. The third-order valence-electron chi connectivity index (χ3n) is 6.52. The molecule has 0 aromatic heterocycles. The Morgan fingerprint density at radius 3 is 2.20 bits per heavy atom. The van der Waals surface area contributed by atoms with Crippen molar-refractivity contribution in [1.82, 2.24) is 10.2 Å². The minimum Gasteiger partial charge on any atom is -0.354 e. The molecule has 1 N–H and O–H groups in total. The first-order valence-corrected chi connectivity index (χ1v) is 15.8. The Kier molecular flexibility index (Phi) is 11.7. The van der Waals surface area contributed by atoms with Crippen molar-refractivity contribution in [1.29, 1.82) is 0 Å². The van der Waals surface area contributed by atoms with Crippen LogP contribution in [0.2, 0.25) is 5.02 Å². The highest BCUT2D eigenvalue weighted by Crippen LogP contribution is 2.23. The van der Waals surface area contributed by atoms with Crippen LogP contribution in [0.3, 0.4) is 0 Å². The highest BCUT2D eigenvalue weighted by molar-refractivity contribution is 7.92. The number of anilines is 1. The molecule has 3 aromatic rings. The van der Waals surface area contributed by atoms with Gasteiger partial charge in [0.25, 0.3) is 0 Å². The van der Waals surface area contributed by atoms with Gasteiger partial charge >= 0.3 is 0 Å². The van der Waals surface area contributed by atoms with Crippen molar-refractivity contribution < 1.29 is 22.4 Å². The summed E-state index contributed by atoms with van der Waals surface area (Å²) >= 11 is 6.46. The van der Waals surface area contributed by atoms with Crippen molar-refractivity contribution in [3.8, 4) is 0 Å². The fraction of sp³-hybridized carbons (Fsp3) is 0.355. The van der Waals surface area contributed by atoms with Crippen LogP contribution >= 0.6 is 11.6 Å². The van der Waals surface area contributed by atoms with E-state index in [0.717, 1.165) is 16.1 Å². The highest BCUT2D eigenvalue weighted by Gasteiger charge is 2.31. The summed E-state index contributed by atoms with van der Waals surface area (Å²) in [7, 11) is -3.68. The minimum absolute atomic E-state index is 0.0129. The van der Waals surface area contributed by atoms with Gasteiger partial charge in [0.05, 0.1) is 11.9 Å². The van der Waals surface area contributed by atoms with Crippen LogP contribution in [0.4, 0.5) is 10.1 Å². The maximum atomic E-state index is 13.8. The lowest BCUT2D eigenvalue weighted by Crippen LogP contribution is -2.51. The van der Waals surface area contributed by atoms with Gasteiger partial charge < -0.3 is 10.2 Å². The lowest BCUT2D eigenvalue weighted by atomic mass is 10.0. The molecule has 0 heterocycles. The Morgan fingerprint density at radius 2 is 1.59 bits per heavy atom. The van der Waals surface area contributed by atoms with Crippen molar-refractivity contribution in [3.05, 3.63) is 101 Å². The summed E-state index contributed by atoms with van der Waals surface area (Å²) in [5.74, 6) is -0.838. The maximum Gasteiger partial charge on any atom is 0.243 e. The number of nitrogens with one attached hydrogen (secondary N) is 1. The van der Waals surface area contributed by atoms with Crippen molar-refractivity contribution in [3.63, 3.8) is 0 Å². The van der Waals surface area contributed by atoms with Gasteiger partial charge in [-0.3, -0.25) is 13.9 Å². The largest absolute Gasteiger partial charge is 0.354 e. The number of benzene rings is 3. The van der Waals surface area contributed by atoms with E-state index < -0.39 is 21.9 Å². The van der Waals surface area contributed by atoms with Crippen molar-refractivity contribution in [2.75, 3.05) is 23.7 Å². The smallest absolute Gasteiger partial charge is 0.243 e. The van der Waals surface area contributed by atoms with E-state index in [0.29, 0.717) is 29.2 Å². The van der Waals surface area contributed by atoms with Gasteiger partial charge in [-0.05, 0) is 53.8 Å². The molecule has 0 saturated carbocycles. The van der Waals surface area contributed by atoms with Gasteiger partial charge in [0, 0.05) is 37.5 Å². The molecule has 41 heavy (non-hydrogen) atoms. The van der Waals surface area contributed by atoms with Gasteiger partial charge in [-0.2, -0.15) is 0 Å². The van der Waals surface area contributed by atoms with Gasteiger partial charge in [-0.25, -0.2) is 12.8 Å². The standard InChI is InChI=1S/C31H37ClFN3O4S/c1-23(2)21-34-31(38)29(20-24-10-5-4-6-11-24)35(22-25-12-7-8-13-28(25)32)30(37)14-9-19-36(41(3,39)40)27-17-15-26(33)16-18-27/h4-8,10-13,15-18,23,29H,9,14,19-22H2,1-3H3,(H,34,38). The Bertz CT molecular complexity index is 1400. The van der Waals surface area contributed by atoms with Gasteiger partial charge in [0.2, 0.25) is 21.8 Å². The number of hydrogen-bond acceptors (Lipinski definition) is 4. The molecule has 0 radical (unpaired) electrons. The summed E-state index contributed by atoms with van der Waals surface area (Å²) in [6.07, 6.45) is 1.54. The molecule has 2 amide bonds. The van der Waals surface area contributed by atoms with Crippen LogP contribution in [0.25, 0.3) is 0 Å². The highest BCUT2D eigenvalue weighted by atomic mass is 35.5. The Morgan fingerprint density at radius 1 is 0.951 bits per heavy atom. The molecule has 220 valence electrons. The second-order valence-electron chi connectivity index (χ2n) is 10.4. The van der Waals surface area contributed by atoms with Crippen LogP contribution in [-0.2, 0) is 32.6 Å². The van der Waals surface area contributed by atoms with E-state index in [1.54, 1.807) is 12.1 Å². The molecule has 0 fully saturated rings. The number of amides is 2. The van der Waals surface area contributed by atoms with Gasteiger partial charge in [-0.15, -0.1) is 0 Å². The molecule has 0 saturated heterocycles. The quantitative estimate of drug-likeness (QED) is 0.267. The summed E-state index contributed by atoms with van der Waals surface area (Å²) in [4.78, 5) is 28.9. The summed E-state index contributed by atoms with van der Waals surface area (Å²) in [6, 6.07) is 21.0. The number of rotatable bonds is 14. The Balaban J connectivity index is 1.88. The van der Waals surface area contributed by atoms with E-state index in [9.17, 15) is 22.4 Å². The predicted octanol–water partition coefficient (Wildman–Crippen LogP) is 5.44. The molecule has 0 aliphatic heterocycles. The van der Waals surface area contributed by atoms with Crippen LogP contribution in [-0.4, -0.2) is 50.5 Å². The van der Waals surface area contributed by atoms with Crippen molar-refractivity contribution in [2.45, 2.75) is 45.7 Å². The minimum atomic E-state index is -3.68. The fourth-order valence-electron chi connectivity index (χ4n) is 4.40. The molecule has 0 spiro atoms. The van der Waals surface area contributed by atoms with E-state index in [1.807, 2.05) is 56.3 Å². The summed E-state index contributed by atoms with van der Waals surface area (Å²) in [5.41, 5.74) is 1.90. The zero-order valence-corrected chi connectivity index (χ0v) is 25.2. The first kappa shape index (κ1) is 32.1. The zero-order chi connectivity index (χ0) is 30.0. The van der Waals surface area contributed by atoms with E-state index in [-0.39, 0.29) is 43.7 Å². The van der Waals surface area contributed by atoms with Crippen LogP contribution in [0.1, 0.15) is 37.8 Å². The topological polar surface area (TPSA) is 86.8 Å². The lowest BCUT2D eigenvalue weighted by Gasteiger charge is -2.32. The zero-order valence-electron chi connectivity index (χ0n) is 23.6. The normalized spacial score (nSPS) is 12.1. The number of hydrogen-bond donors (Lipinski definition) is 1. The first-order valence-electron chi connectivity index (χ1n) is 13.5. The van der Waals surface area contributed by atoms with E-state index in [4.69, 9.17) is 11.6 Å². The number of carbonyl (C=O) groups is 2.